The van der Waals surface area contributed by atoms with Gasteiger partial charge in [0.2, 0.25) is 0 Å². The maximum absolute atomic E-state index is 12.9. The van der Waals surface area contributed by atoms with Gasteiger partial charge in [0.1, 0.15) is 0 Å². The van der Waals surface area contributed by atoms with Crippen LogP contribution in [-0.2, 0) is 10.8 Å². The van der Waals surface area contributed by atoms with E-state index in [0.717, 1.165) is 16.9 Å². The van der Waals surface area contributed by atoms with E-state index >= 15 is 0 Å². The van der Waals surface area contributed by atoms with Gasteiger partial charge in [-0.3, -0.25) is 9.78 Å². The first-order valence-corrected chi connectivity index (χ1v) is 16.3. The standard InChI is InChI=1S/C38H36N2OS2/c1-37(2,3)28-11-15-30(16-12-28)40(31-17-13-29(14-18-31)38(4,5)6)33-24-43-35-32(23-42-36(33)35)25-7-9-26(10-8-25)34(41)27-19-21-39-22-20-27/h7-24H,1-6H3. The van der Waals surface area contributed by atoms with Gasteiger partial charge in [0.25, 0.3) is 0 Å². The zero-order valence-electron chi connectivity index (χ0n) is 25.5. The Morgan fingerprint density at radius 2 is 1.09 bits per heavy atom. The number of aromatic nitrogens is 1. The number of nitrogens with zero attached hydrogens (tertiary/aromatic N) is 2. The number of benzene rings is 3. The van der Waals surface area contributed by atoms with Gasteiger partial charge in [-0.25, -0.2) is 0 Å². The zero-order chi connectivity index (χ0) is 30.4. The molecule has 0 bridgehead atoms. The summed E-state index contributed by atoms with van der Waals surface area (Å²) in [4.78, 5) is 19.3. The van der Waals surface area contributed by atoms with Crippen molar-refractivity contribution in [1.29, 1.82) is 0 Å². The first-order valence-electron chi connectivity index (χ1n) is 14.6. The lowest BCUT2D eigenvalue weighted by Gasteiger charge is -2.27. The van der Waals surface area contributed by atoms with Crippen LogP contribution in [0.2, 0.25) is 0 Å². The second-order valence-electron chi connectivity index (χ2n) is 13.0. The van der Waals surface area contributed by atoms with E-state index in [1.54, 1.807) is 47.2 Å². The maximum atomic E-state index is 12.9. The highest BCUT2D eigenvalue weighted by Crippen LogP contribution is 2.48. The van der Waals surface area contributed by atoms with Crippen molar-refractivity contribution in [2.24, 2.45) is 0 Å². The molecule has 0 N–H and O–H groups in total. The van der Waals surface area contributed by atoms with Crippen molar-refractivity contribution >= 4 is 54.9 Å². The summed E-state index contributed by atoms with van der Waals surface area (Å²) in [7, 11) is 0. The van der Waals surface area contributed by atoms with Crippen molar-refractivity contribution in [3.8, 4) is 11.1 Å². The van der Waals surface area contributed by atoms with E-state index in [2.05, 4.69) is 123 Å². The number of thiophene rings is 2. The maximum Gasteiger partial charge on any atom is 0.193 e. The predicted molar refractivity (Wildman–Crippen MR) is 185 cm³/mol. The van der Waals surface area contributed by atoms with Crippen LogP contribution in [-0.4, -0.2) is 10.8 Å². The van der Waals surface area contributed by atoms with E-state index in [-0.39, 0.29) is 16.6 Å². The third-order valence-electron chi connectivity index (χ3n) is 7.89. The molecule has 0 saturated heterocycles. The summed E-state index contributed by atoms with van der Waals surface area (Å²) < 4.78 is 2.52. The highest BCUT2D eigenvalue weighted by Gasteiger charge is 2.22. The summed E-state index contributed by atoms with van der Waals surface area (Å²) >= 11 is 3.55. The number of pyridine rings is 1. The summed E-state index contributed by atoms with van der Waals surface area (Å²) in [5.74, 6) is 0.00780. The Bertz CT molecular complexity index is 1810. The molecule has 0 aliphatic carbocycles. The first-order chi connectivity index (χ1) is 20.5. The van der Waals surface area contributed by atoms with E-state index in [1.807, 2.05) is 12.1 Å². The molecule has 6 rings (SSSR count). The van der Waals surface area contributed by atoms with Gasteiger partial charge in [-0.1, -0.05) is 90.1 Å². The summed E-state index contributed by atoms with van der Waals surface area (Å²) in [6, 6.07) is 29.5. The summed E-state index contributed by atoms with van der Waals surface area (Å²) in [5.41, 5.74) is 9.93. The zero-order valence-corrected chi connectivity index (χ0v) is 27.1. The van der Waals surface area contributed by atoms with Crippen LogP contribution in [0, 0.1) is 0 Å². The van der Waals surface area contributed by atoms with Gasteiger partial charge >= 0.3 is 0 Å². The monoisotopic (exact) mass is 600 g/mol. The number of carbonyl (C=O) groups excluding carboxylic acids is 1. The van der Waals surface area contributed by atoms with Crippen molar-refractivity contribution < 1.29 is 4.79 Å². The van der Waals surface area contributed by atoms with Crippen LogP contribution in [0.5, 0.6) is 0 Å². The minimum Gasteiger partial charge on any atom is -0.308 e. The number of hydrogen-bond donors (Lipinski definition) is 0. The Morgan fingerprint density at radius 1 is 0.605 bits per heavy atom. The highest BCUT2D eigenvalue weighted by atomic mass is 32.1. The Morgan fingerprint density at radius 3 is 1.60 bits per heavy atom. The molecular weight excluding hydrogens is 565 g/mol. The average molecular weight is 601 g/mol. The van der Waals surface area contributed by atoms with Crippen LogP contribution >= 0.6 is 22.7 Å². The molecule has 3 heterocycles. The second-order valence-corrected chi connectivity index (χ2v) is 14.8. The lowest BCUT2D eigenvalue weighted by molar-refractivity contribution is 0.103. The smallest absolute Gasteiger partial charge is 0.193 e. The molecule has 0 unspecified atom stereocenters. The summed E-state index contributed by atoms with van der Waals surface area (Å²) in [5, 5.41) is 4.52. The van der Waals surface area contributed by atoms with Gasteiger partial charge < -0.3 is 4.90 Å². The van der Waals surface area contributed by atoms with Gasteiger partial charge in [0.15, 0.2) is 5.78 Å². The number of fused-ring (bicyclic) bond motifs is 1. The molecule has 0 radical (unpaired) electrons. The van der Waals surface area contributed by atoms with Gasteiger partial charge in [0, 0.05) is 51.2 Å². The topological polar surface area (TPSA) is 33.2 Å². The molecule has 5 heteroatoms. The molecule has 216 valence electrons. The van der Waals surface area contributed by atoms with Crippen LogP contribution < -0.4 is 4.90 Å². The predicted octanol–water partition coefficient (Wildman–Crippen LogP) is 11.3. The number of rotatable bonds is 6. The SMILES string of the molecule is CC(C)(C)c1ccc(N(c2ccc(C(C)(C)C)cc2)c2csc3c(-c4ccc(C(=O)c5ccncc5)cc4)csc23)cc1. The number of carbonyl (C=O) groups is 1. The Hall–Kier alpha value is -4.06. The quantitative estimate of drug-likeness (QED) is 0.178. The number of anilines is 3. The molecule has 0 aliphatic rings. The minimum absolute atomic E-state index is 0.00780. The Labute approximate surface area is 262 Å². The van der Waals surface area contributed by atoms with Crippen molar-refractivity contribution in [2.75, 3.05) is 4.90 Å². The third kappa shape index (κ3) is 5.80. The molecule has 3 aromatic heterocycles. The molecule has 0 amide bonds. The fourth-order valence-electron chi connectivity index (χ4n) is 5.28. The third-order valence-corrected chi connectivity index (χ3v) is 10.0. The largest absolute Gasteiger partial charge is 0.308 e. The van der Waals surface area contributed by atoms with E-state index in [1.165, 1.54) is 31.8 Å². The van der Waals surface area contributed by atoms with Gasteiger partial charge in [-0.2, -0.15) is 0 Å². The first kappa shape index (κ1) is 29.0. The van der Waals surface area contributed by atoms with E-state index in [4.69, 9.17) is 0 Å². The minimum atomic E-state index is 0.00780. The van der Waals surface area contributed by atoms with E-state index < -0.39 is 0 Å². The molecule has 0 saturated carbocycles. The lowest BCUT2D eigenvalue weighted by Crippen LogP contribution is -2.14. The Balaban J connectivity index is 1.39. The normalized spacial score (nSPS) is 12.0. The highest BCUT2D eigenvalue weighted by molar-refractivity contribution is 7.28. The molecule has 0 spiro atoms. The van der Waals surface area contributed by atoms with Crippen LogP contribution in [0.25, 0.3) is 20.5 Å². The molecule has 43 heavy (non-hydrogen) atoms. The van der Waals surface area contributed by atoms with Gasteiger partial charge in [0.05, 0.1) is 15.1 Å². The van der Waals surface area contributed by atoms with Crippen LogP contribution in [0.4, 0.5) is 17.1 Å². The average Bonchev–Trinajstić information content (AvgIpc) is 3.60. The molecule has 3 nitrogen and oxygen atoms in total. The molecular formula is C38H36N2OS2. The fraction of sp³-hybridized carbons (Fsp3) is 0.211. The molecule has 0 aliphatic heterocycles. The van der Waals surface area contributed by atoms with Crippen molar-refractivity contribution in [3.63, 3.8) is 0 Å². The van der Waals surface area contributed by atoms with Crippen LogP contribution in [0.3, 0.4) is 0 Å². The van der Waals surface area contributed by atoms with Crippen molar-refractivity contribution in [2.45, 2.75) is 52.4 Å². The molecule has 3 aromatic carbocycles. The molecule has 0 atom stereocenters. The number of ketones is 1. The van der Waals surface area contributed by atoms with Gasteiger partial charge in [-0.15, -0.1) is 22.7 Å². The summed E-state index contributed by atoms with van der Waals surface area (Å²) in [6.07, 6.45) is 3.30. The van der Waals surface area contributed by atoms with Crippen LogP contribution in [0.15, 0.2) is 108 Å². The van der Waals surface area contributed by atoms with Gasteiger partial charge in [-0.05, 0) is 63.9 Å². The number of hydrogen-bond acceptors (Lipinski definition) is 5. The van der Waals surface area contributed by atoms with Crippen molar-refractivity contribution in [3.05, 3.63) is 130 Å². The summed E-state index contributed by atoms with van der Waals surface area (Å²) in [6.45, 7) is 13.5. The second kappa shape index (κ2) is 11.2. The lowest BCUT2D eigenvalue weighted by atomic mass is 9.86. The molecule has 0 fully saturated rings. The molecule has 6 aromatic rings. The van der Waals surface area contributed by atoms with E-state index in [0.29, 0.717) is 11.1 Å². The van der Waals surface area contributed by atoms with Crippen molar-refractivity contribution in [1.82, 2.24) is 4.98 Å². The Kier molecular flexibility index (Phi) is 7.57. The van der Waals surface area contributed by atoms with Crippen LogP contribution in [0.1, 0.15) is 68.6 Å². The fourth-order valence-corrected chi connectivity index (χ4v) is 7.67. The van der Waals surface area contributed by atoms with E-state index in [9.17, 15) is 4.79 Å².